The van der Waals surface area contributed by atoms with Gasteiger partial charge >= 0.3 is 0 Å². The fraction of sp³-hybridized carbons (Fsp3) is 0.111. The van der Waals surface area contributed by atoms with Crippen molar-refractivity contribution < 1.29 is 9.31 Å². The number of hydrogen-bond donors (Lipinski definition) is 0. The minimum atomic E-state index is -0.465. The third-order valence-corrected chi connectivity index (χ3v) is 2.96. The quantitative estimate of drug-likeness (QED) is 0.536. The Balaban J connectivity index is 2.88. The van der Waals surface area contributed by atoms with E-state index >= 15 is 0 Å². The van der Waals surface area contributed by atoms with Gasteiger partial charge < -0.3 is 0 Å². The molecule has 0 fully saturated rings. The number of rotatable bonds is 1. The Bertz CT molecular complexity index is 521. The number of nitrogens with zero attached hydrogens (tertiary/aromatic N) is 1. The van der Waals surface area contributed by atoms with E-state index in [0.29, 0.717) is 15.6 Å². The molecule has 1 heterocycles. The maximum Gasteiger partial charge on any atom is 0.290 e. The molecule has 0 aliphatic heterocycles. The van der Waals surface area contributed by atoms with Crippen molar-refractivity contribution in [2.45, 2.75) is 6.92 Å². The van der Waals surface area contributed by atoms with Crippen LogP contribution in [0.4, 0.5) is 10.1 Å². The predicted octanol–water partition coefficient (Wildman–Crippen LogP) is 3.26. The minimum absolute atomic E-state index is 0.0106. The molecule has 0 saturated carbocycles. The van der Waals surface area contributed by atoms with Gasteiger partial charge in [0.05, 0.1) is 4.92 Å². The van der Waals surface area contributed by atoms with Gasteiger partial charge in [0, 0.05) is 10.9 Å². The number of hydrogen-bond acceptors (Lipinski definition) is 3. The molecule has 1 aromatic heterocycles. The average molecular weight is 211 g/mol. The van der Waals surface area contributed by atoms with Gasteiger partial charge in [-0.3, -0.25) is 10.1 Å². The summed E-state index contributed by atoms with van der Waals surface area (Å²) >= 11 is 0.813. The number of aryl methyl sites for hydroxylation is 1. The molecule has 0 aliphatic carbocycles. The third kappa shape index (κ3) is 1.26. The monoisotopic (exact) mass is 211 g/mol. The maximum absolute atomic E-state index is 12.9. The van der Waals surface area contributed by atoms with Crippen LogP contribution in [-0.4, -0.2) is 4.92 Å². The fourth-order valence-electron chi connectivity index (χ4n) is 1.38. The van der Waals surface area contributed by atoms with Gasteiger partial charge in [-0.1, -0.05) is 23.5 Å². The zero-order valence-electron chi connectivity index (χ0n) is 7.28. The number of halogens is 1. The first-order valence-corrected chi connectivity index (χ1v) is 4.74. The highest BCUT2D eigenvalue weighted by Crippen LogP contribution is 2.34. The van der Waals surface area contributed by atoms with Crippen LogP contribution in [0.1, 0.15) is 5.56 Å². The normalized spacial score (nSPS) is 10.7. The van der Waals surface area contributed by atoms with Gasteiger partial charge in [0.15, 0.2) is 5.13 Å². The summed E-state index contributed by atoms with van der Waals surface area (Å²) < 4.78 is 13.3. The van der Waals surface area contributed by atoms with E-state index in [1.165, 1.54) is 6.07 Å². The molecule has 14 heavy (non-hydrogen) atoms. The maximum atomic E-state index is 12.9. The van der Waals surface area contributed by atoms with Crippen molar-refractivity contribution in [2.24, 2.45) is 0 Å². The molecule has 0 unspecified atom stereocenters. The van der Waals surface area contributed by atoms with E-state index in [1.807, 2.05) is 0 Å². The van der Waals surface area contributed by atoms with Crippen LogP contribution in [0.3, 0.4) is 0 Å². The smallest absolute Gasteiger partial charge is 0.258 e. The van der Waals surface area contributed by atoms with Crippen LogP contribution in [0.25, 0.3) is 10.1 Å². The second-order valence-corrected chi connectivity index (χ2v) is 3.96. The minimum Gasteiger partial charge on any atom is -0.258 e. The van der Waals surface area contributed by atoms with Crippen molar-refractivity contribution in [3.63, 3.8) is 0 Å². The summed E-state index contributed by atoms with van der Waals surface area (Å²) in [6.07, 6.45) is 0. The highest BCUT2D eigenvalue weighted by Gasteiger charge is 2.17. The van der Waals surface area contributed by atoms with E-state index in [1.54, 1.807) is 19.1 Å². The van der Waals surface area contributed by atoms with Crippen molar-refractivity contribution in [3.05, 3.63) is 39.0 Å². The van der Waals surface area contributed by atoms with E-state index < -0.39 is 10.1 Å². The van der Waals surface area contributed by atoms with Crippen LogP contribution in [0.5, 0.6) is 0 Å². The summed E-state index contributed by atoms with van der Waals surface area (Å²) in [7, 11) is 0. The van der Waals surface area contributed by atoms with E-state index in [4.69, 9.17) is 0 Å². The topological polar surface area (TPSA) is 43.1 Å². The summed E-state index contributed by atoms with van der Waals surface area (Å²) in [6.45, 7) is 1.65. The molecule has 0 aliphatic rings. The lowest BCUT2D eigenvalue weighted by Crippen LogP contribution is -1.90. The van der Waals surface area contributed by atoms with Gasteiger partial charge in [-0.05, 0) is 13.0 Å². The molecule has 0 spiro atoms. The number of benzene rings is 1. The zero-order valence-corrected chi connectivity index (χ0v) is 8.10. The molecule has 0 saturated heterocycles. The SMILES string of the molecule is Cc1ccc2cc(F)sc2c1[N+](=O)[O-]. The largest absolute Gasteiger partial charge is 0.290 e. The Hall–Kier alpha value is -1.49. The van der Waals surface area contributed by atoms with Crippen LogP contribution < -0.4 is 0 Å². The first-order chi connectivity index (χ1) is 6.59. The molecular formula is C9H6FNO2S. The van der Waals surface area contributed by atoms with Crippen LogP contribution in [0.15, 0.2) is 18.2 Å². The van der Waals surface area contributed by atoms with Crippen molar-refractivity contribution in [1.82, 2.24) is 0 Å². The highest BCUT2D eigenvalue weighted by molar-refractivity contribution is 7.18. The summed E-state index contributed by atoms with van der Waals surface area (Å²) in [5.41, 5.74) is 0.570. The third-order valence-electron chi connectivity index (χ3n) is 2.01. The number of thiophene rings is 1. The van der Waals surface area contributed by atoms with Crippen molar-refractivity contribution in [2.75, 3.05) is 0 Å². The Kier molecular flexibility index (Phi) is 1.96. The molecule has 5 heteroatoms. The Morgan fingerprint density at radius 3 is 2.86 bits per heavy atom. The molecule has 0 atom stereocenters. The van der Waals surface area contributed by atoms with Crippen molar-refractivity contribution >= 4 is 27.1 Å². The molecule has 72 valence electrons. The molecule has 0 amide bonds. The lowest BCUT2D eigenvalue weighted by molar-refractivity contribution is -0.383. The van der Waals surface area contributed by atoms with Gasteiger partial charge in [-0.25, -0.2) is 0 Å². The van der Waals surface area contributed by atoms with E-state index in [9.17, 15) is 14.5 Å². The number of nitro groups is 1. The van der Waals surface area contributed by atoms with Gasteiger partial charge in [0.2, 0.25) is 0 Å². The van der Waals surface area contributed by atoms with Crippen LogP contribution in [0, 0.1) is 22.2 Å². The summed E-state index contributed by atoms with van der Waals surface area (Å²) in [4.78, 5) is 10.3. The lowest BCUT2D eigenvalue weighted by Gasteiger charge is -1.96. The molecule has 3 nitrogen and oxygen atoms in total. The Morgan fingerprint density at radius 2 is 2.21 bits per heavy atom. The number of nitro benzene ring substituents is 1. The molecular weight excluding hydrogens is 205 g/mol. The summed E-state index contributed by atoms with van der Waals surface area (Å²) in [5, 5.41) is 10.9. The predicted molar refractivity (Wildman–Crippen MR) is 53.2 cm³/mol. The zero-order chi connectivity index (χ0) is 10.3. The number of fused-ring (bicyclic) bond motifs is 1. The van der Waals surface area contributed by atoms with Gasteiger partial charge in [0.25, 0.3) is 5.69 Å². The second-order valence-electron chi connectivity index (χ2n) is 2.96. The lowest BCUT2D eigenvalue weighted by atomic mass is 10.1. The second kappa shape index (κ2) is 3.02. The molecule has 2 aromatic rings. The van der Waals surface area contributed by atoms with Crippen LogP contribution in [0.2, 0.25) is 0 Å². The van der Waals surface area contributed by atoms with E-state index in [0.717, 1.165) is 11.3 Å². The first kappa shape index (κ1) is 9.08. The molecule has 0 radical (unpaired) electrons. The summed E-state index contributed by atoms with van der Waals surface area (Å²) in [6, 6.07) is 4.64. The van der Waals surface area contributed by atoms with Crippen LogP contribution >= 0.6 is 11.3 Å². The van der Waals surface area contributed by atoms with E-state index in [2.05, 4.69) is 0 Å². The standard InChI is InChI=1S/C9H6FNO2S/c1-5-2-3-6-4-7(10)14-9(6)8(5)11(12)13/h2-4H,1H3. The molecule has 0 bridgehead atoms. The van der Waals surface area contributed by atoms with Crippen molar-refractivity contribution in [1.29, 1.82) is 0 Å². The average Bonchev–Trinajstić information content (AvgIpc) is 2.43. The fourth-order valence-corrected chi connectivity index (χ4v) is 2.34. The Labute approximate surface area is 82.9 Å². The first-order valence-electron chi connectivity index (χ1n) is 3.92. The summed E-state index contributed by atoms with van der Waals surface area (Å²) in [5.74, 6) is 0. The molecule has 2 rings (SSSR count). The van der Waals surface area contributed by atoms with E-state index in [-0.39, 0.29) is 5.69 Å². The van der Waals surface area contributed by atoms with Gasteiger partial charge in [-0.15, -0.1) is 0 Å². The molecule has 1 aromatic carbocycles. The van der Waals surface area contributed by atoms with Crippen LogP contribution in [-0.2, 0) is 0 Å². The van der Waals surface area contributed by atoms with Gasteiger partial charge in [-0.2, -0.15) is 4.39 Å². The Morgan fingerprint density at radius 1 is 1.50 bits per heavy atom. The van der Waals surface area contributed by atoms with Gasteiger partial charge in [0.1, 0.15) is 4.70 Å². The molecule has 0 N–H and O–H groups in total. The van der Waals surface area contributed by atoms with Crippen molar-refractivity contribution in [3.8, 4) is 0 Å². The highest BCUT2D eigenvalue weighted by atomic mass is 32.1.